The third kappa shape index (κ3) is 3.61. The van der Waals surface area contributed by atoms with Gasteiger partial charge in [-0.05, 0) is 18.6 Å². The number of benzene rings is 1. The molecule has 0 saturated heterocycles. The van der Waals surface area contributed by atoms with Gasteiger partial charge < -0.3 is 10.0 Å². The molecule has 1 amide bonds. The van der Waals surface area contributed by atoms with E-state index in [0.717, 1.165) is 11.3 Å². The van der Waals surface area contributed by atoms with E-state index in [1.807, 2.05) is 37.3 Å². The first kappa shape index (κ1) is 14.1. The third-order valence-electron chi connectivity index (χ3n) is 2.90. The lowest BCUT2D eigenvalue weighted by molar-refractivity contribution is 0.0701. The molecule has 0 radical (unpaired) electrons. The van der Waals surface area contributed by atoms with Crippen LogP contribution >= 0.6 is 0 Å². The van der Waals surface area contributed by atoms with Crippen LogP contribution in [0.25, 0.3) is 0 Å². The lowest BCUT2D eigenvalue weighted by atomic mass is 10.2. The molecule has 0 spiro atoms. The number of aryl methyl sites for hydroxylation is 1. The zero-order valence-electron chi connectivity index (χ0n) is 11.4. The predicted molar refractivity (Wildman–Crippen MR) is 75.0 cm³/mol. The SMILES string of the molecule is Cc1cc(C(=O)N(CCO)Cc2ccccc2)ncn1. The van der Waals surface area contributed by atoms with Gasteiger partial charge in [-0.3, -0.25) is 4.79 Å². The minimum Gasteiger partial charge on any atom is -0.395 e. The fourth-order valence-electron chi connectivity index (χ4n) is 1.91. The summed E-state index contributed by atoms with van der Waals surface area (Å²) in [7, 11) is 0. The molecule has 0 aliphatic carbocycles. The van der Waals surface area contributed by atoms with E-state index in [9.17, 15) is 4.79 Å². The summed E-state index contributed by atoms with van der Waals surface area (Å²) in [6.07, 6.45) is 1.38. The highest BCUT2D eigenvalue weighted by atomic mass is 16.3. The van der Waals surface area contributed by atoms with Gasteiger partial charge in [-0.2, -0.15) is 0 Å². The summed E-state index contributed by atoms with van der Waals surface area (Å²) < 4.78 is 0. The van der Waals surface area contributed by atoms with Gasteiger partial charge in [0.05, 0.1) is 6.61 Å². The van der Waals surface area contributed by atoms with Gasteiger partial charge in [0.25, 0.3) is 5.91 Å². The van der Waals surface area contributed by atoms with E-state index in [2.05, 4.69) is 9.97 Å². The van der Waals surface area contributed by atoms with Gasteiger partial charge in [-0.1, -0.05) is 30.3 Å². The van der Waals surface area contributed by atoms with Gasteiger partial charge in [0, 0.05) is 18.8 Å². The molecule has 104 valence electrons. The molecule has 0 aliphatic heterocycles. The standard InChI is InChI=1S/C15H17N3O2/c1-12-9-14(17-11-16-12)15(20)18(7-8-19)10-13-5-3-2-4-6-13/h2-6,9,11,19H,7-8,10H2,1H3. The molecule has 1 aromatic heterocycles. The van der Waals surface area contributed by atoms with Gasteiger partial charge in [-0.15, -0.1) is 0 Å². The summed E-state index contributed by atoms with van der Waals surface area (Å²) in [5.41, 5.74) is 2.11. The van der Waals surface area contributed by atoms with Crippen molar-refractivity contribution in [1.29, 1.82) is 0 Å². The highest BCUT2D eigenvalue weighted by molar-refractivity contribution is 5.92. The number of amides is 1. The van der Waals surface area contributed by atoms with Crippen molar-refractivity contribution >= 4 is 5.91 Å². The summed E-state index contributed by atoms with van der Waals surface area (Å²) in [5.74, 6) is -0.201. The Hall–Kier alpha value is -2.27. The Morgan fingerprint density at radius 3 is 2.65 bits per heavy atom. The van der Waals surface area contributed by atoms with E-state index < -0.39 is 0 Å². The number of aromatic nitrogens is 2. The number of carbonyl (C=O) groups excluding carboxylic acids is 1. The Bertz CT molecular complexity index is 572. The van der Waals surface area contributed by atoms with E-state index in [0.29, 0.717) is 12.2 Å². The van der Waals surface area contributed by atoms with E-state index in [-0.39, 0.29) is 19.1 Å². The van der Waals surface area contributed by atoms with E-state index in [1.165, 1.54) is 6.33 Å². The second-order valence-corrected chi connectivity index (χ2v) is 4.48. The topological polar surface area (TPSA) is 66.3 Å². The first-order chi connectivity index (χ1) is 9.70. The molecule has 5 nitrogen and oxygen atoms in total. The normalized spacial score (nSPS) is 10.3. The van der Waals surface area contributed by atoms with Gasteiger partial charge >= 0.3 is 0 Å². The molecule has 2 rings (SSSR count). The second kappa shape index (κ2) is 6.77. The summed E-state index contributed by atoms with van der Waals surface area (Å²) in [5, 5.41) is 9.14. The predicted octanol–water partition coefficient (Wildman–Crippen LogP) is 1.42. The average Bonchev–Trinajstić information content (AvgIpc) is 2.47. The van der Waals surface area contributed by atoms with Crippen LogP contribution in [0.4, 0.5) is 0 Å². The molecule has 2 aromatic rings. The van der Waals surface area contributed by atoms with Crippen molar-refractivity contribution in [3.05, 3.63) is 59.7 Å². The molecule has 1 N–H and O–H groups in total. The lowest BCUT2D eigenvalue weighted by Crippen LogP contribution is -2.33. The van der Waals surface area contributed by atoms with E-state index >= 15 is 0 Å². The fourth-order valence-corrected chi connectivity index (χ4v) is 1.91. The highest BCUT2D eigenvalue weighted by Gasteiger charge is 2.17. The zero-order valence-corrected chi connectivity index (χ0v) is 11.4. The average molecular weight is 271 g/mol. The highest BCUT2D eigenvalue weighted by Crippen LogP contribution is 2.08. The molecule has 0 fully saturated rings. The van der Waals surface area contributed by atoms with Gasteiger partial charge in [0.15, 0.2) is 0 Å². The number of aliphatic hydroxyl groups excluding tert-OH is 1. The Morgan fingerprint density at radius 1 is 1.25 bits per heavy atom. The minimum atomic E-state index is -0.201. The smallest absolute Gasteiger partial charge is 0.272 e. The van der Waals surface area contributed by atoms with Crippen LogP contribution < -0.4 is 0 Å². The first-order valence-corrected chi connectivity index (χ1v) is 6.43. The van der Waals surface area contributed by atoms with Crippen molar-refractivity contribution in [2.75, 3.05) is 13.2 Å². The number of nitrogens with zero attached hydrogens (tertiary/aromatic N) is 3. The Labute approximate surface area is 117 Å². The quantitative estimate of drug-likeness (QED) is 0.893. The van der Waals surface area contributed by atoms with Crippen molar-refractivity contribution in [3.63, 3.8) is 0 Å². The van der Waals surface area contributed by atoms with Crippen LogP contribution in [0.1, 0.15) is 21.7 Å². The van der Waals surface area contributed by atoms with Crippen molar-refractivity contribution in [2.24, 2.45) is 0 Å². The van der Waals surface area contributed by atoms with Crippen LogP contribution in [0.3, 0.4) is 0 Å². The molecule has 0 atom stereocenters. The van der Waals surface area contributed by atoms with Gasteiger partial charge in [-0.25, -0.2) is 9.97 Å². The number of rotatable bonds is 5. The van der Waals surface area contributed by atoms with Crippen LogP contribution in [0, 0.1) is 6.92 Å². The minimum absolute atomic E-state index is 0.0807. The molecule has 1 aromatic carbocycles. The Morgan fingerprint density at radius 2 is 2.00 bits per heavy atom. The summed E-state index contributed by atoms with van der Waals surface area (Å²) >= 11 is 0. The molecular formula is C15H17N3O2. The molecule has 0 saturated carbocycles. The van der Waals surface area contributed by atoms with Crippen molar-refractivity contribution in [2.45, 2.75) is 13.5 Å². The third-order valence-corrected chi connectivity index (χ3v) is 2.90. The summed E-state index contributed by atoms with van der Waals surface area (Å²) in [6, 6.07) is 11.3. The van der Waals surface area contributed by atoms with Crippen LogP contribution in [0.15, 0.2) is 42.7 Å². The largest absolute Gasteiger partial charge is 0.395 e. The van der Waals surface area contributed by atoms with E-state index in [4.69, 9.17) is 5.11 Å². The summed E-state index contributed by atoms with van der Waals surface area (Å²) in [6.45, 7) is 2.45. The molecule has 0 aliphatic rings. The second-order valence-electron chi connectivity index (χ2n) is 4.48. The molecule has 0 unspecified atom stereocenters. The Kier molecular flexibility index (Phi) is 4.79. The number of hydrogen-bond donors (Lipinski definition) is 1. The Balaban J connectivity index is 2.18. The summed E-state index contributed by atoms with van der Waals surface area (Å²) in [4.78, 5) is 22.0. The van der Waals surface area contributed by atoms with Crippen LogP contribution in [0.2, 0.25) is 0 Å². The number of aliphatic hydroxyl groups is 1. The van der Waals surface area contributed by atoms with Gasteiger partial charge in [0.2, 0.25) is 0 Å². The van der Waals surface area contributed by atoms with Gasteiger partial charge in [0.1, 0.15) is 12.0 Å². The number of hydrogen-bond acceptors (Lipinski definition) is 4. The van der Waals surface area contributed by atoms with Crippen LogP contribution in [0.5, 0.6) is 0 Å². The molecule has 20 heavy (non-hydrogen) atoms. The maximum Gasteiger partial charge on any atom is 0.272 e. The molecule has 0 bridgehead atoms. The van der Waals surface area contributed by atoms with Crippen molar-refractivity contribution in [3.8, 4) is 0 Å². The first-order valence-electron chi connectivity index (χ1n) is 6.43. The van der Waals surface area contributed by atoms with E-state index in [1.54, 1.807) is 11.0 Å². The van der Waals surface area contributed by atoms with Crippen molar-refractivity contribution in [1.82, 2.24) is 14.9 Å². The lowest BCUT2D eigenvalue weighted by Gasteiger charge is -2.21. The monoisotopic (exact) mass is 271 g/mol. The van der Waals surface area contributed by atoms with Crippen LogP contribution in [-0.2, 0) is 6.54 Å². The zero-order chi connectivity index (χ0) is 14.4. The van der Waals surface area contributed by atoms with Crippen molar-refractivity contribution < 1.29 is 9.90 Å². The maximum atomic E-state index is 12.4. The number of carbonyl (C=O) groups is 1. The molecule has 1 heterocycles. The maximum absolute atomic E-state index is 12.4. The van der Waals surface area contributed by atoms with Crippen LogP contribution in [-0.4, -0.2) is 39.0 Å². The molecule has 5 heteroatoms. The molecular weight excluding hydrogens is 254 g/mol. The fraction of sp³-hybridized carbons (Fsp3) is 0.267.